The monoisotopic (exact) mass is 253 g/mol. The molecule has 0 bridgehead atoms. The second kappa shape index (κ2) is 7.25. The number of alkyl halides is 1. The van der Waals surface area contributed by atoms with Gasteiger partial charge in [0.1, 0.15) is 5.82 Å². The standard InChI is InChI=1S/C14H17ClFN/c1-3-9-17(10-4-2)11-14(15)12-5-7-13(16)8-6-12/h3-8,14H,1-2,9-11H2. The zero-order valence-corrected chi connectivity index (χ0v) is 10.5. The molecular formula is C14H17ClFN. The van der Waals surface area contributed by atoms with Gasteiger partial charge < -0.3 is 0 Å². The molecule has 1 rings (SSSR count). The van der Waals surface area contributed by atoms with E-state index in [0.717, 1.165) is 18.7 Å². The van der Waals surface area contributed by atoms with Crippen LogP contribution in [0.15, 0.2) is 49.6 Å². The molecule has 92 valence electrons. The van der Waals surface area contributed by atoms with Crippen LogP contribution >= 0.6 is 11.6 Å². The Hall–Kier alpha value is -1.12. The third-order valence-corrected chi connectivity index (χ3v) is 2.81. The smallest absolute Gasteiger partial charge is 0.123 e. The summed E-state index contributed by atoms with van der Waals surface area (Å²) in [5.74, 6) is -0.244. The second-order valence-electron chi connectivity index (χ2n) is 3.81. The van der Waals surface area contributed by atoms with Crippen LogP contribution in [0.5, 0.6) is 0 Å². The number of benzene rings is 1. The lowest BCUT2D eigenvalue weighted by atomic mass is 10.1. The highest BCUT2D eigenvalue weighted by Crippen LogP contribution is 2.21. The van der Waals surface area contributed by atoms with E-state index in [2.05, 4.69) is 18.1 Å². The lowest BCUT2D eigenvalue weighted by Crippen LogP contribution is -2.27. The summed E-state index contributed by atoms with van der Waals surface area (Å²) in [6, 6.07) is 6.28. The molecule has 0 saturated heterocycles. The minimum atomic E-state index is -0.244. The summed E-state index contributed by atoms with van der Waals surface area (Å²) in [4.78, 5) is 2.13. The summed E-state index contributed by atoms with van der Waals surface area (Å²) >= 11 is 6.29. The van der Waals surface area contributed by atoms with E-state index in [1.165, 1.54) is 12.1 Å². The minimum absolute atomic E-state index is 0.157. The number of hydrogen-bond acceptors (Lipinski definition) is 1. The van der Waals surface area contributed by atoms with Crippen LogP contribution in [-0.2, 0) is 0 Å². The largest absolute Gasteiger partial charge is 0.294 e. The van der Waals surface area contributed by atoms with Crippen molar-refractivity contribution in [2.75, 3.05) is 19.6 Å². The van der Waals surface area contributed by atoms with Crippen LogP contribution in [0.4, 0.5) is 4.39 Å². The summed E-state index contributed by atoms with van der Waals surface area (Å²) in [6.07, 6.45) is 3.66. The molecule has 0 saturated carbocycles. The third-order valence-electron chi connectivity index (χ3n) is 2.42. The van der Waals surface area contributed by atoms with Crippen molar-refractivity contribution in [1.82, 2.24) is 4.90 Å². The van der Waals surface area contributed by atoms with E-state index in [0.29, 0.717) is 6.54 Å². The Bertz CT molecular complexity index is 351. The van der Waals surface area contributed by atoms with Gasteiger partial charge in [0.05, 0.1) is 5.38 Å². The number of nitrogens with zero attached hydrogens (tertiary/aromatic N) is 1. The summed E-state index contributed by atoms with van der Waals surface area (Å²) in [7, 11) is 0. The van der Waals surface area contributed by atoms with Crippen molar-refractivity contribution in [1.29, 1.82) is 0 Å². The van der Waals surface area contributed by atoms with Gasteiger partial charge in [-0.15, -0.1) is 24.8 Å². The van der Waals surface area contributed by atoms with Crippen molar-refractivity contribution in [3.05, 3.63) is 61.0 Å². The van der Waals surface area contributed by atoms with Crippen molar-refractivity contribution in [2.24, 2.45) is 0 Å². The number of halogens is 2. The highest BCUT2D eigenvalue weighted by molar-refractivity contribution is 6.21. The zero-order valence-electron chi connectivity index (χ0n) is 9.78. The van der Waals surface area contributed by atoms with Gasteiger partial charge in [0.25, 0.3) is 0 Å². The minimum Gasteiger partial charge on any atom is -0.294 e. The second-order valence-corrected chi connectivity index (χ2v) is 4.34. The molecule has 0 radical (unpaired) electrons. The number of rotatable bonds is 7. The number of hydrogen-bond donors (Lipinski definition) is 0. The first-order chi connectivity index (χ1) is 8.17. The van der Waals surface area contributed by atoms with Crippen LogP contribution in [0.2, 0.25) is 0 Å². The van der Waals surface area contributed by atoms with Gasteiger partial charge >= 0.3 is 0 Å². The Labute approximate surface area is 107 Å². The Morgan fingerprint density at radius 3 is 2.18 bits per heavy atom. The fraction of sp³-hybridized carbons (Fsp3) is 0.286. The van der Waals surface area contributed by atoms with Crippen LogP contribution in [0.3, 0.4) is 0 Å². The first-order valence-corrected chi connectivity index (χ1v) is 5.94. The van der Waals surface area contributed by atoms with E-state index in [-0.39, 0.29) is 11.2 Å². The zero-order chi connectivity index (χ0) is 12.7. The van der Waals surface area contributed by atoms with E-state index in [1.54, 1.807) is 12.1 Å². The van der Waals surface area contributed by atoms with Crippen molar-refractivity contribution >= 4 is 11.6 Å². The molecule has 17 heavy (non-hydrogen) atoms. The van der Waals surface area contributed by atoms with Gasteiger partial charge in [-0.1, -0.05) is 24.3 Å². The van der Waals surface area contributed by atoms with E-state index in [9.17, 15) is 4.39 Å². The molecule has 0 spiro atoms. The molecule has 0 aliphatic rings. The highest BCUT2D eigenvalue weighted by Gasteiger charge is 2.12. The maximum absolute atomic E-state index is 12.8. The molecule has 0 N–H and O–H groups in total. The predicted molar refractivity (Wildman–Crippen MR) is 71.8 cm³/mol. The average molecular weight is 254 g/mol. The summed E-state index contributed by atoms with van der Waals surface area (Å²) in [6.45, 7) is 9.62. The van der Waals surface area contributed by atoms with E-state index < -0.39 is 0 Å². The summed E-state index contributed by atoms with van der Waals surface area (Å²) < 4.78 is 12.8. The lowest BCUT2D eigenvalue weighted by Gasteiger charge is -2.22. The van der Waals surface area contributed by atoms with Gasteiger partial charge in [0.2, 0.25) is 0 Å². The molecule has 0 heterocycles. The molecule has 1 aromatic carbocycles. The van der Waals surface area contributed by atoms with Gasteiger partial charge in [0, 0.05) is 19.6 Å². The van der Waals surface area contributed by atoms with Crippen LogP contribution in [0.1, 0.15) is 10.9 Å². The molecule has 1 aromatic rings. The molecular weight excluding hydrogens is 237 g/mol. The van der Waals surface area contributed by atoms with Crippen molar-refractivity contribution in [3.63, 3.8) is 0 Å². The van der Waals surface area contributed by atoms with E-state index >= 15 is 0 Å². The molecule has 1 nitrogen and oxygen atoms in total. The first kappa shape index (κ1) is 13.9. The van der Waals surface area contributed by atoms with Crippen LogP contribution in [0.25, 0.3) is 0 Å². The van der Waals surface area contributed by atoms with Gasteiger partial charge in [-0.05, 0) is 17.7 Å². The van der Waals surface area contributed by atoms with Crippen molar-refractivity contribution in [3.8, 4) is 0 Å². The molecule has 1 atom stereocenters. The maximum atomic E-state index is 12.8. The average Bonchev–Trinajstić information content (AvgIpc) is 2.30. The Kier molecular flexibility index (Phi) is 5.95. The lowest BCUT2D eigenvalue weighted by molar-refractivity contribution is 0.335. The quantitative estimate of drug-likeness (QED) is 0.528. The predicted octanol–water partition coefficient (Wildman–Crippen LogP) is 3.78. The highest BCUT2D eigenvalue weighted by atomic mass is 35.5. The van der Waals surface area contributed by atoms with Gasteiger partial charge in [-0.3, -0.25) is 4.90 Å². The molecule has 0 aliphatic carbocycles. The SMILES string of the molecule is C=CCN(CC=C)CC(Cl)c1ccc(F)cc1. The van der Waals surface area contributed by atoms with Gasteiger partial charge in [-0.25, -0.2) is 4.39 Å². The van der Waals surface area contributed by atoms with E-state index in [1.807, 2.05) is 12.2 Å². The molecule has 3 heteroatoms. The van der Waals surface area contributed by atoms with Crippen molar-refractivity contribution in [2.45, 2.75) is 5.38 Å². The van der Waals surface area contributed by atoms with Crippen LogP contribution in [-0.4, -0.2) is 24.5 Å². The van der Waals surface area contributed by atoms with Crippen molar-refractivity contribution < 1.29 is 4.39 Å². The maximum Gasteiger partial charge on any atom is 0.123 e. The summed E-state index contributed by atoms with van der Waals surface area (Å²) in [5, 5.41) is -0.157. The van der Waals surface area contributed by atoms with Gasteiger partial charge in [0.15, 0.2) is 0 Å². The van der Waals surface area contributed by atoms with Gasteiger partial charge in [-0.2, -0.15) is 0 Å². The first-order valence-electron chi connectivity index (χ1n) is 5.51. The van der Waals surface area contributed by atoms with E-state index in [4.69, 9.17) is 11.6 Å². The topological polar surface area (TPSA) is 3.24 Å². The Morgan fingerprint density at radius 1 is 1.18 bits per heavy atom. The van der Waals surface area contributed by atoms with Crippen LogP contribution < -0.4 is 0 Å². The molecule has 0 fully saturated rings. The fourth-order valence-electron chi connectivity index (χ4n) is 1.59. The molecule has 1 unspecified atom stereocenters. The summed E-state index contributed by atoms with van der Waals surface area (Å²) in [5.41, 5.74) is 0.922. The molecule has 0 aliphatic heterocycles. The van der Waals surface area contributed by atoms with Crippen LogP contribution in [0, 0.1) is 5.82 Å². The Balaban J connectivity index is 2.62. The molecule has 0 amide bonds. The fourth-order valence-corrected chi connectivity index (χ4v) is 1.93. The Morgan fingerprint density at radius 2 is 1.71 bits per heavy atom. The third kappa shape index (κ3) is 4.72. The molecule has 0 aromatic heterocycles. The normalized spacial score (nSPS) is 12.4.